The number of fused-ring (bicyclic) bond motifs is 2. The molecule has 0 radical (unpaired) electrons. The number of aromatic nitrogens is 1. The molecule has 0 spiro atoms. The highest BCUT2D eigenvalue weighted by Crippen LogP contribution is 2.43. The van der Waals surface area contributed by atoms with E-state index in [-0.39, 0.29) is 18.0 Å². The molecule has 188 valence electrons. The molecular weight excluding hydrogens is 449 g/mol. The van der Waals surface area contributed by atoms with Crippen molar-refractivity contribution < 1.29 is 23.1 Å². The van der Waals surface area contributed by atoms with Crippen molar-refractivity contribution in [3.63, 3.8) is 0 Å². The summed E-state index contributed by atoms with van der Waals surface area (Å²) in [5.74, 6) is 1.74. The highest BCUT2D eigenvalue weighted by molar-refractivity contribution is 5.79. The van der Waals surface area contributed by atoms with Crippen LogP contribution < -0.4 is 15.2 Å². The molecule has 3 heterocycles. The number of hydrogen-bond donors (Lipinski definition) is 1. The molecule has 2 atom stereocenters. The van der Waals surface area contributed by atoms with Gasteiger partial charge in [0.15, 0.2) is 17.1 Å². The fourth-order valence-electron chi connectivity index (χ4n) is 5.67. The van der Waals surface area contributed by atoms with Gasteiger partial charge in [0.1, 0.15) is 5.82 Å². The molecule has 0 amide bonds. The van der Waals surface area contributed by atoms with Gasteiger partial charge in [-0.2, -0.15) is 0 Å². The Labute approximate surface area is 205 Å². The normalized spacial score (nSPS) is 21.3. The van der Waals surface area contributed by atoms with E-state index >= 15 is 0 Å². The molecule has 0 unspecified atom stereocenters. The molecule has 3 aromatic rings. The Kier molecular flexibility index (Phi) is 7.22. The molecule has 5 rings (SSSR count). The summed E-state index contributed by atoms with van der Waals surface area (Å²) in [5, 5.41) is 5.05. The Bertz CT molecular complexity index is 1160. The van der Waals surface area contributed by atoms with Crippen LogP contribution in [-0.4, -0.2) is 56.6 Å². The number of rotatable bonds is 8. The summed E-state index contributed by atoms with van der Waals surface area (Å²) in [6.45, 7) is 3.55. The fraction of sp³-hybridized carbons (Fsp3) is 0.519. The lowest BCUT2D eigenvalue weighted by Gasteiger charge is -2.40. The van der Waals surface area contributed by atoms with Crippen molar-refractivity contribution in [2.75, 3.05) is 40.4 Å². The van der Waals surface area contributed by atoms with E-state index in [9.17, 15) is 4.39 Å². The zero-order valence-electron chi connectivity index (χ0n) is 20.5. The first-order valence-corrected chi connectivity index (χ1v) is 12.5. The van der Waals surface area contributed by atoms with Crippen LogP contribution in [0, 0.1) is 11.7 Å². The number of hydrogen-bond acceptors (Lipinski definition) is 7. The number of likely N-dealkylation sites (tertiary alicyclic amines) is 1. The molecule has 7 nitrogen and oxygen atoms in total. The van der Waals surface area contributed by atoms with Crippen LogP contribution in [0.5, 0.6) is 11.5 Å². The Morgan fingerprint density at radius 2 is 1.97 bits per heavy atom. The van der Waals surface area contributed by atoms with E-state index in [0.29, 0.717) is 18.0 Å². The topological polar surface area (TPSA) is 83.0 Å². The Morgan fingerprint density at radius 3 is 2.71 bits per heavy atom. The predicted octanol–water partition coefficient (Wildman–Crippen LogP) is 4.27. The number of methoxy groups -OCH3 is 2. The second-order valence-electron chi connectivity index (χ2n) is 9.52. The largest absolute Gasteiger partial charge is 0.493 e. The minimum absolute atomic E-state index is 0.118. The number of aryl methyl sites for hydroxylation is 1. The fourth-order valence-corrected chi connectivity index (χ4v) is 5.67. The summed E-state index contributed by atoms with van der Waals surface area (Å²) in [6, 6.07) is 8.59. The summed E-state index contributed by atoms with van der Waals surface area (Å²) >= 11 is 0. The molecule has 0 bridgehead atoms. The third kappa shape index (κ3) is 4.87. The molecule has 0 aliphatic carbocycles. The van der Waals surface area contributed by atoms with E-state index in [1.807, 2.05) is 6.07 Å². The van der Waals surface area contributed by atoms with Crippen molar-refractivity contribution in [1.29, 1.82) is 0 Å². The van der Waals surface area contributed by atoms with E-state index in [0.717, 1.165) is 79.9 Å². The molecule has 2 aliphatic rings. The van der Waals surface area contributed by atoms with Crippen molar-refractivity contribution in [3.05, 3.63) is 53.0 Å². The Morgan fingerprint density at radius 1 is 1.14 bits per heavy atom. The first kappa shape index (κ1) is 24.0. The van der Waals surface area contributed by atoms with Crippen molar-refractivity contribution in [3.8, 4) is 11.5 Å². The Balaban J connectivity index is 1.17. The molecule has 0 saturated carbocycles. The van der Waals surface area contributed by atoms with Crippen LogP contribution in [0.2, 0.25) is 0 Å². The van der Waals surface area contributed by atoms with Gasteiger partial charge in [0.05, 0.1) is 32.1 Å². The molecule has 1 fully saturated rings. The summed E-state index contributed by atoms with van der Waals surface area (Å²) in [4.78, 5) is 2.51. The Hall–Kier alpha value is -2.68. The molecular formula is C27H34FN3O4. The maximum Gasteiger partial charge on any atom is 0.170 e. The molecule has 8 heteroatoms. The summed E-state index contributed by atoms with van der Waals surface area (Å²) in [7, 11) is 3.36. The predicted molar refractivity (Wildman–Crippen MR) is 131 cm³/mol. The van der Waals surface area contributed by atoms with Gasteiger partial charge in [-0.25, -0.2) is 4.39 Å². The van der Waals surface area contributed by atoms with E-state index in [2.05, 4.69) is 16.1 Å². The number of ether oxygens (including phenoxy) is 3. The lowest BCUT2D eigenvalue weighted by atomic mass is 9.83. The molecule has 2 aromatic carbocycles. The third-order valence-corrected chi connectivity index (χ3v) is 7.54. The number of benzene rings is 2. The zero-order valence-corrected chi connectivity index (χ0v) is 20.5. The van der Waals surface area contributed by atoms with Crippen LogP contribution in [0.1, 0.15) is 42.2 Å². The first-order valence-electron chi connectivity index (χ1n) is 12.5. The molecule has 1 aromatic heterocycles. The second kappa shape index (κ2) is 10.5. The average molecular weight is 484 g/mol. The number of piperidine rings is 1. The summed E-state index contributed by atoms with van der Waals surface area (Å²) < 4.78 is 36.4. The van der Waals surface area contributed by atoms with Gasteiger partial charge < -0.3 is 29.4 Å². The number of nitrogens with zero attached hydrogens (tertiary/aromatic N) is 2. The van der Waals surface area contributed by atoms with Crippen LogP contribution in [0.25, 0.3) is 11.0 Å². The van der Waals surface area contributed by atoms with Crippen molar-refractivity contribution in [2.45, 2.75) is 44.3 Å². The van der Waals surface area contributed by atoms with Crippen LogP contribution in [0.3, 0.4) is 0 Å². The zero-order chi connectivity index (χ0) is 24.4. The van der Waals surface area contributed by atoms with Crippen molar-refractivity contribution in [1.82, 2.24) is 10.1 Å². The molecule has 35 heavy (non-hydrogen) atoms. The summed E-state index contributed by atoms with van der Waals surface area (Å²) in [6.07, 6.45) is 4.82. The molecule has 1 saturated heterocycles. The van der Waals surface area contributed by atoms with Crippen LogP contribution in [-0.2, 0) is 17.6 Å². The van der Waals surface area contributed by atoms with Crippen LogP contribution >= 0.6 is 0 Å². The average Bonchev–Trinajstić information content (AvgIpc) is 3.29. The van der Waals surface area contributed by atoms with E-state index in [1.165, 1.54) is 17.7 Å². The molecule has 2 aliphatic heterocycles. The SMILES string of the molecule is COc1ccc2c(c1OC)C[C@H](C1CCN(CCCc3noc4cc(F)ccc34)CC1)O[C@@H]2CN. The van der Waals surface area contributed by atoms with E-state index in [4.69, 9.17) is 24.5 Å². The summed E-state index contributed by atoms with van der Waals surface area (Å²) in [5.41, 5.74) is 9.79. The lowest BCUT2D eigenvalue weighted by molar-refractivity contribution is -0.0647. The maximum atomic E-state index is 13.4. The number of halogens is 1. The van der Waals surface area contributed by atoms with Crippen molar-refractivity contribution in [2.24, 2.45) is 11.7 Å². The monoisotopic (exact) mass is 483 g/mol. The lowest BCUT2D eigenvalue weighted by Crippen LogP contribution is -2.42. The van der Waals surface area contributed by atoms with E-state index < -0.39 is 0 Å². The van der Waals surface area contributed by atoms with Crippen LogP contribution in [0.4, 0.5) is 4.39 Å². The second-order valence-corrected chi connectivity index (χ2v) is 9.52. The van der Waals surface area contributed by atoms with Gasteiger partial charge in [-0.05, 0) is 75.0 Å². The standard InChI is InChI=1S/C27H34FN3O4/c1-32-23-8-7-19-21(27(23)33-2)15-24(34-26(19)16-29)17-9-12-31(13-10-17)11-3-4-22-20-6-5-18(28)14-25(20)35-30-22/h5-8,14,17,24,26H,3-4,9-13,15-16,29H2,1-2H3/t24-,26-/m1/s1. The van der Waals surface area contributed by atoms with Gasteiger partial charge in [0.25, 0.3) is 0 Å². The smallest absolute Gasteiger partial charge is 0.170 e. The quantitative estimate of drug-likeness (QED) is 0.512. The van der Waals surface area contributed by atoms with Crippen LogP contribution in [0.15, 0.2) is 34.9 Å². The van der Waals surface area contributed by atoms with Crippen molar-refractivity contribution >= 4 is 11.0 Å². The highest BCUT2D eigenvalue weighted by Gasteiger charge is 2.36. The van der Waals surface area contributed by atoms with Gasteiger partial charge in [0.2, 0.25) is 0 Å². The minimum Gasteiger partial charge on any atom is -0.493 e. The van der Waals surface area contributed by atoms with Gasteiger partial charge in [-0.15, -0.1) is 0 Å². The van der Waals surface area contributed by atoms with Gasteiger partial charge in [0, 0.05) is 30.0 Å². The number of nitrogens with two attached hydrogens (primary N) is 1. The van der Waals surface area contributed by atoms with E-state index in [1.54, 1.807) is 20.3 Å². The van der Waals surface area contributed by atoms with Gasteiger partial charge in [-0.3, -0.25) is 0 Å². The highest BCUT2D eigenvalue weighted by atomic mass is 19.1. The third-order valence-electron chi connectivity index (χ3n) is 7.54. The van der Waals surface area contributed by atoms with Gasteiger partial charge >= 0.3 is 0 Å². The first-order chi connectivity index (χ1) is 17.1. The maximum absolute atomic E-state index is 13.4. The van der Waals surface area contributed by atoms with Gasteiger partial charge in [-0.1, -0.05) is 11.2 Å². The molecule has 2 N–H and O–H groups in total. The minimum atomic E-state index is -0.302.